The molecule has 0 saturated carbocycles. The van der Waals surface area contributed by atoms with Crippen molar-refractivity contribution in [1.82, 2.24) is 0 Å². The fraction of sp³-hybridized carbons (Fsp3) is 0.500. The molecule has 78 valence electrons. The van der Waals surface area contributed by atoms with E-state index in [4.69, 9.17) is 11.6 Å². The number of benzene rings is 1. The summed E-state index contributed by atoms with van der Waals surface area (Å²) in [6.45, 7) is 6.01. The van der Waals surface area contributed by atoms with E-state index in [1.807, 2.05) is 12.1 Å². The van der Waals surface area contributed by atoms with Crippen LogP contribution in [0.3, 0.4) is 0 Å². The van der Waals surface area contributed by atoms with Gasteiger partial charge in [-0.3, -0.25) is 0 Å². The van der Waals surface area contributed by atoms with E-state index in [0.717, 1.165) is 5.56 Å². The van der Waals surface area contributed by atoms with E-state index in [2.05, 4.69) is 26.0 Å². The van der Waals surface area contributed by atoms with E-state index in [1.165, 1.54) is 5.56 Å². The van der Waals surface area contributed by atoms with Crippen molar-refractivity contribution in [3.8, 4) is 0 Å². The fourth-order valence-corrected chi connectivity index (χ4v) is 1.49. The summed E-state index contributed by atoms with van der Waals surface area (Å²) in [4.78, 5) is 0. The Morgan fingerprint density at radius 1 is 1.00 bits per heavy atom. The van der Waals surface area contributed by atoms with Crippen molar-refractivity contribution >= 4 is 11.6 Å². The summed E-state index contributed by atoms with van der Waals surface area (Å²) >= 11 is 6.02. The van der Waals surface area contributed by atoms with Crippen molar-refractivity contribution in [3.63, 3.8) is 0 Å². The zero-order valence-electron chi connectivity index (χ0n) is 8.87. The first-order valence-electron chi connectivity index (χ1n) is 4.94. The molecule has 0 fully saturated rings. The van der Waals surface area contributed by atoms with Crippen molar-refractivity contribution in [2.24, 2.45) is 0 Å². The Balaban J connectivity index is 2.83. The van der Waals surface area contributed by atoms with Crippen LogP contribution in [0.5, 0.6) is 0 Å². The van der Waals surface area contributed by atoms with E-state index in [1.54, 1.807) is 6.92 Å². The van der Waals surface area contributed by atoms with Crippen molar-refractivity contribution < 1.29 is 5.11 Å². The number of rotatable bonds is 3. The number of hydrogen-bond donors (Lipinski definition) is 1. The van der Waals surface area contributed by atoms with Crippen LogP contribution in [-0.4, -0.2) is 11.2 Å². The van der Waals surface area contributed by atoms with Crippen molar-refractivity contribution in [1.29, 1.82) is 0 Å². The molecule has 1 N–H and O–H groups in total. The Morgan fingerprint density at radius 2 is 1.43 bits per heavy atom. The lowest BCUT2D eigenvalue weighted by Crippen LogP contribution is -2.08. The fourth-order valence-electron chi connectivity index (χ4n) is 1.34. The smallest absolute Gasteiger partial charge is 0.0841 e. The summed E-state index contributed by atoms with van der Waals surface area (Å²) in [5, 5.41) is 9.01. The third kappa shape index (κ3) is 2.73. The van der Waals surface area contributed by atoms with Gasteiger partial charge in [0, 0.05) is 0 Å². The first-order valence-corrected chi connectivity index (χ1v) is 5.38. The van der Waals surface area contributed by atoms with E-state index in [-0.39, 0.29) is 5.38 Å². The number of halogens is 1. The minimum atomic E-state index is -0.512. The standard InChI is InChI=1S/C12H17ClO/c1-8(2)10-4-6-11(7-5-10)12(13)9(3)14/h4-9,12,14H,1-3H3. The molecule has 0 saturated heterocycles. The van der Waals surface area contributed by atoms with Gasteiger partial charge in [0.25, 0.3) is 0 Å². The molecule has 0 aliphatic heterocycles. The third-order valence-corrected chi connectivity index (χ3v) is 2.96. The van der Waals surface area contributed by atoms with Crippen LogP contribution in [0.4, 0.5) is 0 Å². The van der Waals surface area contributed by atoms with Gasteiger partial charge in [0.2, 0.25) is 0 Å². The number of alkyl halides is 1. The molecule has 1 aromatic carbocycles. The van der Waals surface area contributed by atoms with Gasteiger partial charge in [0.05, 0.1) is 11.5 Å². The molecule has 1 nitrogen and oxygen atoms in total. The lowest BCUT2D eigenvalue weighted by atomic mass is 10.00. The van der Waals surface area contributed by atoms with Crippen LogP contribution in [0.1, 0.15) is 43.2 Å². The molecule has 14 heavy (non-hydrogen) atoms. The molecule has 0 aromatic heterocycles. The van der Waals surface area contributed by atoms with Crippen LogP contribution in [0.2, 0.25) is 0 Å². The van der Waals surface area contributed by atoms with E-state index in [0.29, 0.717) is 5.92 Å². The van der Waals surface area contributed by atoms with Crippen molar-refractivity contribution in [3.05, 3.63) is 35.4 Å². The van der Waals surface area contributed by atoms with Gasteiger partial charge < -0.3 is 5.11 Å². The monoisotopic (exact) mass is 212 g/mol. The molecule has 0 radical (unpaired) electrons. The van der Waals surface area contributed by atoms with Crippen LogP contribution >= 0.6 is 11.6 Å². The summed E-state index contributed by atoms with van der Waals surface area (Å²) < 4.78 is 0. The maximum Gasteiger partial charge on any atom is 0.0841 e. The quantitative estimate of drug-likeness (QED) is 0.761. The summed E-state index contributed by atoms with van der Waals surface area (Å²) in [6.07, 6.45) is -0.512. The minimum absolute atomic E-state index is 0.309. The van der Waals surface area contributed by atoms with Gasteiger partial charge >= 0.3 is 0 Å². The van der Waals surface area contributed by atoms with Crippen LogP contribution in [0.15, 0.2) is 24.3 Å². The molecule has 0 spiro atoms. The number of hydrogen-bond acceptors (Lipinski definition) is 1. The number of aliphatic hydroxyl groups excluding tert-OH is 1. The second kappa shape index (κ2) is 4.81. The van der Waals surface area contributed by atoms with Crippen LogP contribution in [0.25, 0.3) is 0 Å². The maximum absolute atomic E-state index is 9.32. The van der Waals surface area contributed by atoms with Gasteiger partial charge in [-0.25, -0.2) is 0 Å². The summed E-state index contributed by atoms with van der Waals surface area (Å²) in [7, 11) is 0. The molecular weight excluding hydrogens is 196 g/mol. The molecule has 2 heteroatoms. The first-order chi connectivity index (χ1) is 6.52. The van der Waals surface area contributed by atoms with Crippen molar-refractivity contribution in [2.45, 2.75) is 38.2 Å². The van der Waals surface area contributed by atoms with Gasteiger partial charge in [-0.05, 0) is 24.0 Å². The van der Waals surface area contributed by atoms with Crippen molar-refractivity contribution in [2.75, 3.05) is 0 Å². The first kappa shape index (κ1) is 11.5. The molecule has 2 unspecified atom stereocenters. The Bertz CT molecular complexity index is 277. The molecule has 0 aliphatic carbocycles. The third-order valence-electron chi connectivity index (χ3n) is 2.35. The molecule has 0 aliphatic rings. The Labute approximate surface area is 90.7 Å². The van der Waals surface area contributed by atoms with Gasteiger partial charge in [-0.2, -0.15) is 0 Å². The lowest BCUT2D eigenvalue weighted by Gasteiger charge is -2.14. The Hall–Kier alpha value is -0.530. The normalized spacial score (nSPS) is 15.6. The number of aliphatic hydroxyl groups is 1. The van der Waals surface area contributed by atoms with Gasteiger partial charge in [0.1, 0.15) is 0 Å². The molecule has 0 bridgehead atoms. The van der Waals surface area contributed by atoms with Crippen LogP contribution in [0, 0.1) is 0 Å². The summed E-state index contributed by atoms with van der Waals surface area (Å²) in [6, 6.07) is 8.11. The SMILES string of the molecule is CC(C)c1ccc(C(Cl)C(C)O)cc1. The molecule has 2 atom stereocenters. The molecule has 1 rings (SSSR count). The lowest BCUT2D eigenvalue weighted by molar-refractivity contribution is 0.190. The van der Waals surface area contributed by atoms with Gasteiger partial charge in [0.15, 0.2) is 0 Å². The summed E-state index contributed by atoms with van der Waals surface area (Å²) in [5.74, 6) is 0.532. The highest BCUT2D eigenvalue weighted by atomic mass is 35.5. The highest BCUT2D eigenvalue weighted by Gasteiger charge is 2.13. The highest BCUT2D eigenvalue weighted by Crippen LogP contribution is 2.25. The minimum Gasteiger partial charge on any atom is -0.392 e. The summed E-state index contributed by atoms with van der Waals surface area (Å²) in [5.41, 5.74) is 2.27. The predicted octanol–water partition coefficient (Wildman–Crippen LogP) is 3.47. The Kier molecular flexibility index (Phi) is 3.97. The molecule has 1 aromatic rings. The van der Waals surface area contributed by atoms with Crippen LogP contribution < -0.4 is 0 Å². The molecular formula is C12H17ClO. The topological polar surface area (TPSA) is 20.2 Å². The Morgan fingerprint density at radius 3 is 1.79 bits per heavy atom. The molecule has 0 amide bonds. The zero-order valence-corrected chi connectivity index (χ0v) is 9.62. The predicted molar refractivity (Wildman–Crippen MR) is 60.8 cm³/mol. The van der Waals surface area contributed by atoms with E-state index < -0.39 is 6.10 Å². The molecule has 0 heterocycles. The average Bonchev–Trinajstić information content (AvgIpc) is 2.16. The largest absolute Gasteiger partial charge is 0.392 e. The maximum atomic E-state index is 9.32. The van der Waals surface area contributed by atoms with Gasteiger partial charge in [-0.15, -0.1) is 11.6 Å². The van der Waals surface area contributed by atoms with E-state index in [9.17, 15) is 5.11 Å². The highest BCUT2D eigenvalue weighted by molar-refractivity contribution is 6.21. The van der Waals surface area contributed by atoms with E-state index >= 15 is 0 Å². The van der Waals surface area contributed by atoms with Crippen LogP contribution in [-0.2, 0) is 0 Å². The second-order valence-corrected chi connectivity index (χ2v) is 4.43. The second-order valence-electron chi connectivity index (χ2n) is 3.96. The zero-order chi connectivity index (χ0) is 10.7. The van der Waals surface area contributed by atoms with Gasteiger partial charge in [-0.1, -0.05) is 38.1 Å². The average molecular weight is 213 g/mol.